The van der Waals surface area contributed by atoms with Crippen molar-refractivity contribution >= 4 is 35.0 Å². The number of thiophene rings is 1. The maximum atomic E-state index is 13.6. The van der Waals surface area contributed by atoms with Crippen LogP contribution in [0, 0.1) is 24.7 Å². The largest absolute Gasteiger partial charge is 0.466 e. The molecule has 2 N–H and O–H groups in total. The van der Waals surface area contributed by atoms with Gasteiger partial charge in [0.25, 0.3) is 5.91 Å². The van der Waals surface area contributed by atoms with Crippen LogP contribution in [0.25, 0.3) is 10.4 Å². The number of ether oxygens (including phenoxy) is 2. The number of hydrogen-bond donors (Lipinski definition) is 2. The minimum atomic E-state index is -0.525. The number of unbranched alkanes of at least 4 members (excludes halogenated alkanes) is 1. The van der Waals surface area contributed by atoms with Crippen molar-refractivity contribution in [1.82, 2.24) is 15.1 Å². The van der Waals surface area contributed by atoms with E-state index in [4.69, 9.17) is 9.47 Å². The van der Waals surface area contributed by atoms with Crippen LogP contribution in [-0.4, -0.2) is 78.7 Å². The Hall–Kier alpha value is -4.33. The fraction of sp³-hybridized carbons (Fsp3) is 0.500. The summed E-state index contributed by atoms with van der Waals surface area (Å²) in [6.07, 6.45) is 4.15. The monoisotopic (exact) mass is 726 g/mol. The predicted octanol–water partition coefficient (Wildman–Crippen LogP) is 8.04. The van der Waals surface area contributed by atoms with Crippen LogP contribution < -0.4 is 10.6 Å². The summed E-state index contributed by atoms with van der Waals surface area (Å²) in [6.45, 7) is 16.0. The molecule has 10 heteroatoms. The van der Waals surface area contributed by atoms with Crippen LogP contribution in [0.5, 0.6) is 0 Å². The molecule has 2 aliphatic heterocycles. The highest BCUT2D eigenvalue weighted by molar-refractivity contribution is 7.13. The Balaban J connectivity index is 1.17. The van der Waals surface area contributed by atoms with Crippen LogP contribution in [0.15, 0.2) is 53.9 Å². The van der Waals surface area contributed by atoms with Gasteiger partial charge in [0, 0.05) is 52.7 Å². The molecule has 0 aliphatic carbocycles. The zero-order chi connectivity index (χ0) is 37.3. The molecule has 1 aromatic heterocycles. The number of rotatable bonds is 12. The van der Waals surface area contributed by atoms with Crippen LogP contribution in [0.2, 0.25) is 0 Å². The molecule has 0 saturated carbocycles. The van der Waals surface area contributed by atoms with E-state index in [1.54, 1.807) is 16.2 Å². The van der Waals surface area contributed by atoms with E-state index < -0.39 is 5.60 Å². The molecule has 3 heterocycles. The molecular formula is C42H54N4O5S. The third-order valence-corrected chi connectivity index (χ3v) is 10.4. The highest BCUT2D eigenvalue weighted by Gasteiger charge is 2.33. The molecule has 0 spiro atoms. The van der Waals surface area contributed by atoms with Crippen LogP contribution in [0.3, 0.4) is 0 Å². The second-order valence-corrected chi connectivity index (χ2v) is 15.8. The van der Waals surface area contributed by atoms with Gasteiger partial charge in [0.2, 0.25) is 0 Å². The quantitative estimate of drug-likeness (QED) is 0.111. The molecule has 2 aliphatic rings. The minimum Gasteiger partial charge on any atom is -0.466 e. The van der Waals surface area contributed by atoms with E-state index in [2.05, 4.69) is 63.1 Å². The second-order valence-electron chi connectivity index (χ2n) is 14.9. The number of carbonyl (C=O) groups excluding carboxylic acids is 3. The molecule has 2 saturated heterocycles. The van der Waals surface area contributed by atoms with Gasteiger partial charge in [-0.3, -0.25) is 9.59 Å². The predicted molar refractivity (Wildman–Crippen MR) is 209 cm³/mol. The Labute approximate surface area is 313 Å². The molecule has 0 bridgehead atoms. The molecule has 2 aromatic carbocycles. The van der Waals surface area contributed by atoms with Gasteiger partial charge >= 0.3 is 12.1 Å². The van der Waals surface area contributed by atoms with E-state index in [-0.39, 0.29) is 30.1 Å². The summed E-state index contributed by atoms with van der Waals surface area (Å²) in [5.41, 5.74) is 4.93. The number of aryl methyl sites for hydroxylation is 1. The minimum absolute atomic E-state index is 0.0929. The zero-order valence-corrected chi connectivity index (χ0v) is 32.4. The topological polar surface area (TPSA) is 100 Å². The van der Waals surface area contributed by atoms with Crippen molar-refractivity contribution in [3.05, 3.63) is 76.2 Å². The summed E-state index contributed by atoms with van der Waals surface area (Å²) < 4.78 is 10.5. The number of amides is 2. The van der Waals surface area contributed by atoms with E-state index in [9.17, 15) is 14.4 Å². The van der Waals surface area contributed by atoms with Crippen molar-refractivity contribution < 1.29 is 23.9 Å². The highest BCUT2D eigenvalue weighted by Crippen LogP contribution is 2.31. The summed E-state index contributed by atoms with van der Waals surface area (Å²) in [5, 5.41) is 8.76. The van der Waals surface area contributed by atoms with Crippen LogP contribution >= 0.6 is 11.3 Å². The first kappa shape index (κ1) is 38.9. The third-order valence-electron chi connectivity index (χ3n) is 9.47. The lowest BCUT2D eigenvalue weighted by molar-refractivity contribution is -0.143. The van der Waals surface area contributed by atoms with Crippen LogP contribution in [0.1, 0.15) is 99.8 Å². The van der Waals surface area contributed by atoms with E-state index in [0.717, 1.165) is 78.1 Å². The maximum Gasteiger partial charge on any atom is 0.410 e. The Bertz CT molecular complexity index is 1740. The lowest BCUT2D eigenvalue weighted by Gasteiger charge is -2.40. The SMILES string of the molecule is CCOC(=O)CCCCN1CCC(C#Cc2ccc([C@H](C)NC(=O)c3cc(NC4CN(C(=O)OC(C)(C)C)C4)ccc3C)cc2-c2cccs2)CC1. The third kappa shape index (κ3) is 11.1. The van der Waals surface area contributed by atoms with Gasteiger partial charge in [-0.2, -0.15) is 0 Å². The van der Waals surface area contributed by atoms with Gasteiger partial charge < -0.3 is 29.9 Å². The molecule has 2 amide bonds. The molecular weight excluding hydrogens is 673 g/mol. The number of piperidine rings is 1. The summed E-state index contributed by atoms with van der Waals surface area (Å²) in [7, 11) is 0. The summed E-state index contributed by atoms with van der Waals surface area (Å²) >= 11 is 1.69. The van der Waals surface area contributed by atoms with Crippen LogP contribution in [0.4, 0.5) is 10.5 Å². The van der Waals surface area contributed by atoms with E-state index in [1.807, 2.05) is 59.7 Å². The molecule has 278 valence electrons. The first-order chi connectivity index (χ1) is 24.9. The number of anilines is 1. The van der Waals surface area contributed by atoms with Crippen molar-refractivity contribution in [2.45, 2.75) is 91.3 Å². The number of hydrogen-bond acceptors (Lipinski definition) is 8. The maximum absolute atomic E-state index is 13.6. The first-order valence-corrected chi connectivity index (χ1v) is 19.5. The van der Waals surface area contributed by atoms with Gasteiger partial charge in [-0.05, 0) is 134 Å². The number of nitrogens with zero attached hydrogens (tertiary/aromatic N) is 2. The Morgan fingerprint density at radius 2 is 1.81 bits per heavy atom. The number of esters is 1. The second kappa shape index (κ2) is 17.9. The molecule has 1 atom stereocenters. The standard InChI is InChI=1S/C42H54N4O5S/c1-7-50-39(47)12-8-9-21-45-22-19-31(20-23-45)14-15-32-16-17-33(25-37(32)38-11-10-24-52-38)30(3)43-40(48)36-26-34(18-13-29(36)2)44-35-27-46(28-35)41(49)51-42(4,5)6/h10-11,13,16-18,24-26,30-31,35,44H,7-9,12,19-23,27-28H2,1-6H3,(H,43,48)/t30-/m0/s1. The van der Waals surface area contributed by atoms with E-state index >= 15 is 0 Å². The van der Waals surface area contributed by atoms with Gasteiger partial charge in [0.05, 0.1) is 18.7 Å². The van der Waals surface area contributed by atoms with Crippen molar-refractivity contribution in [3.8, 4) is 22.3 Å². The fourth-order valence-electron chi connectivity index (χ4n) is 6.49. The van der Waals surface area contributed by atoms with Crippen molar-refractivity contribution in [2.75, 3.05) is 44.6 Å². The number of likely N-dealkylation sites (tertiary alicyclic amines) is 2. The lowest BCUT2D eigenvalue weighted by atomic mass is 9.95. The van der Waals surface area contributed by atoms with Gasteiger partial charge in [0.1, 0.15) is 5.60 Å². The molecule has 5 rings (SSSR count). The molecule has 2 fully saturated rings. The smallest absolute Gasteiger partial charge is 0.410 e. The normalized spacial score (nSPS) is 15.9. The summed E-state index contributed by atoms with van der Waals surface area (Å²) in [4.78, 5) is 42.8. The number of nitrogens with one attached hydrogen (secondary N) is 2. The van der Waals surface area contributed by atoms with Gasteiger partial charge in [-0.1, -0.05) is 30.0 Å². The van der Waals surface area contributed by atoms with Crippen molar-refractivity contribution in [1.29, 1.82) is 0 Å². The lowest BCUT2D eigenvalue weighted by Crippen LogP contribution is -2.57. The summed E-state index contributed by atoms with van der Waals surface area (Å²) in [5.74, 6) is 7.21. The molecule has 0 unspecified atom stereocenters. The molecule has 3 aromatic rings. The molecule has 0 radical (unpaired) electrons. The molecule has 9 nitrogen and oxygen atoms in total. The van der Waals surface area contributed by atoms with Gasteiger partial charge in [-0.25, -0.2) is 4.79 Å². The van der Waals surface area contributed by atoms with Crippen molar-refractivity contribution in [3.63, 3.8) is 0 Å². The van der Waals surface area contributed by atoms with Crippen molar-refractivity contribution in [2.24, 2.45) is 5.92 Å². The van der Waals surface area contributed by atoms with Crippen LogP contribution in [-0.2, 0) is 14.3 Å². The average molecular weight is 727 g/mol. The molecule has 52 heavy (non-hydrogen) atoms. The number of carbonyl (C=O) groups is 3. The Morgan fingerprint density at radius 3 is 2.50 bits per heavy atom. The van der Waals surface area contributed by atoms with Gasteiger partial charge in [-0.15, -0.1) is 11.3 Å². The average Bonchev–Trinajstić information content (AvgIpc) is 3.63. The number of benzene rings is 2. The zero-order valence-electron chi connectivity index (χ0n) is 31.6. The van der Waals surface area contributed by atoms with Gasteiger partial charge in [0.15, 0.2) is 0 Å². The fourth-order valence-corrected chi connectivity index (χ4v) is 7.25. The Kier molecular flexibility index (Phi) is 13.4. The van der Waals surface area contributed by atoms with E-state index in [1.165, 1.54) is 0 Å². The Morgan fingerprint density at radius 1 is 1.04 bits per heavy atom. The highest BCUT2D eigenvalue weighted by atomic mass is 32.1. The first-order valence-electron chi connectivity index (χ1n) is 18.6. The van der Waals surface area contributed by atoms with E-state index in [0.29, 0.717) is 37.6 Å². The summed E-state index contributed by atoms with van der Waals surface area (Å²) in [6, 6.07) is 16.2.